The Bertz CT molecular complexity index is 435. The van der Waals surface area contributed by atoms with Crippen molar-refractivity contribution in [3.8, 4) is 5.75 Å². The number of hydrogen-bond acceptors (Lipinski definition) is 4. The minimum atomic E-state index is -0.447. The van der Waals surface area contributed by atoms with Crippen molar-refractivity contribution in [2.75, 3.05) is 13.7 Å². The Kier molecular flexibility index (Phi) is 8.61. The Morgan fingerprint density at radius 2 is 1.95 bits per heavy atom. The molecule has 0 aromatic heterocycles. The smallest absolute Gasteiger partial charge is 0.337 e. The fourth-order valence-corrected chi connectivity index (χ4v) is 1.48. The number of halogens is 1. The van der Waals surface area contributed by atoms with Crippen LogP contribution in [0.25, 0.3) is 0 Å². The zero-order valence-electron chi connectivity index (χ0n) is 11.2. The molecule has 2 N–H and O–H groups in total. The molecule has 0 spiro atoms. The minimum Gasteiger partial charge on any atom is -0.492 e. The molecule has 0 aliphatic carbocycles. The van der Waals surface area contributed by atoms with E-state index in [1.807, 2.05) is 13.8 Å². The number of rotatable bonds is 5. The van der Waals surface area contributed by atoms with Crippen LogP contribution in [0.1, 0.15) is 30.6 Å². The maximum absolute atomic E-state index is 11.3. The van der Waals surface area contributed by atoms with Gasteiger partial charge in [-0.05, 0) is 34.1 Å². The maximum Gasteiger partial charge on any atom is 0.337 e. The topological polar surface area (TPSA) is 78.6 Å². The lowest BCUT2D eigenvalue weighted by molar-refractivity contribution is -0.118. The van der Waals surface area contributed by atoms with Crippen molar-refractivity contribution in [1.29, 1.82) is 0 Å². The summed E-state index contributed by atoms with van der Waals surface area (Å²) in [6, 6.07) is 4.82. The molecule has 0 bridgehead atoms. The molecule has 6 heteroatoms. The highest BCUT2D eigenvalue weighted by molar-refractivity contribution is 9.10. The summed E-state index contributed by atoms with van der Waals surface area (Å²) in [6.45, 7) is 4.17. The highest BCUT2D eigenvalue weighted by Gasteiger charge is 2.09. The van der Waals surface area contributed by atoms with Crippen LogP contribution < -0.4 is 10.5 Å². The fraction of sp³-hybridized carbons (Fsp3) is 0.385. The van der Waals surface area contributed by atoms with E-state index in [9.17, 15) is 9.59 Å². The normalized spacial score (nSPS) is 9.05. The summed E-state index contributed by atoms with van der Waals surface area (Å²) in [4.78, 5) is 21.8. The largest absolute Gasteiger partial charge is 0.492 e. The lowest BCUT2D eigenvalue weighted by atomic mass is 10.2. The number of esters is 1. The lowest BCUT2D eigenvalue weighted by Crippen LogP contribution is -2.14. The molecule has 1 rings (SSSR count). The summed E-state index contributed by atoms with van der Waals surface area (Å²) < 4.78 is 10.6. The maximum atomic E-state index is 11.3. The van der Waals surface area contributed by atoms with Crippen molar-refractivity contribution in [3.05, 3.63) is 28.2 Å². The van der Waals surface area contributed by atoms with Crippen molar-refractivity contribution in [2.45, 2.75) is 20.3 Å². The van der Waals surface area contributed by atoms with Gasteiger partial charge in [-0.25, -0.2) is 4.79 Å². The van der Waals surface area contributed by atoms with Gasteiger partial charge in [0.2, 0.25) is 5.91 Å². The van der Waals surface area contributed by atoms with Crippen LogP contribution in [0.15, 0.2) is 22.7 Å². The average Bonchev–Trinajstić information content (AvgIpc) is 2.42. The molecule has 106 valence electrons. The minimum absolute atomic E-state index is 0.120. The molecule has 5 nitrogen and oxygen atoms in total. The average molecular weight is 332 g/mol. The van der Waals surface area contributed by atoms with E-state index in [-0.39, 0.29) is 13.0 Å². The van der Waals surface area contributed by atoms with Gasteiger partial charge >= 0.3 is 5.97 Å². The first-order valence-corrected chi connectivity index (χ1v) is 6.63. The Hall–Kier alpha value is -1.56. The van der Waals surface area contributed by atoms with Crippen molar-refractivity contribution in [1.82, 2.24) is 0 Å². The van der Waals surface area contributed by atoms with E-state index in [2.05, 4.69) is 20.7 Å². The first-order valence-electron chi connectivity index (χ1n) is 5.83. The van der Waals surface area contributed by atoms with Crippen molar-refractivity contribution < 1.29 is 19.1 Å². The van der Waals surface area contributed by atoms with Crippen molar-refractivity contribution in [3.63, 3.8) is 0 Å². The van der Waals surface area contributed by atoms with E-state index in [1.54, 1.807) is 12.1 Å². The second kappa shape index (κ2) is 9.38. The third-order valence-electron chi connectivity index (χ3n) is 1.96. The van der Waals surface area contributed by atoms with Gasteiger partial charge in [-0.3, -0.25) is 4.79 Å². The molecule has 1 aromatic carbocycles. The number of nitrogens with two attached hydrogens (primary N) is 1. The van der Waals surface area contributed by atoms with Crippen LogP contribution in [-0.4, -0.2) is 25.6 Å². The molecule has 19 heavy (non-hydrogen) atoms. The standard InChI is InChI=1S/C11H12BrNO4.C2H6/c1-16-11(15)7-2-3-8(12)9(6-7)17-5-4-10(13)14;1-2/h2-3,6H,4-5H2,1H3,(H2,13,14);1-2H3. The zero-order chi connectivity index (χ0) is 14.8. The van der Waals surface area contributed by atoms with E-state index >= 15 is 0 Å². The summed E-state index contributed by atoms with van der Waals surface area (Å²) in [7, 11) is 1.30. The number of hydrogen-bond donors (Lipinski definition) is 1. The molecule has 0 saturated carbocycles. The van der Waals surface area contributed by atoms with Crippen LogP contribution in [0.3, 0.4) is 0 Å². The van der Waals surface area contributed by atoms with Gasteiger partial charge in [0.1, 0.15) is 5.75 Å². The van der Waals surface area contributed by atoms with Gasteiger partial charge in [0.25, 0.3) is 0 Å². The van der Waals surface area contributed by atoms with Crippen molar-refractivity contribution in [2.24, 2.45) is 5.73 Å². The van der Waals surface area contributed by atoms with Crippen LogP contribution in [0.5, 0.6) is 5.75 Å². The summed E-state index contributed by atoms with van der Waals surface area (Å²) in [6.07, 6.45) is 0.120. The van der Waals surface area contributed by atoms with Gasteiger partial charge in [-0.2, -0.15) is 0 Å². The number of carbonyl (C=O) groups excluding carboxylic acids is 2. The molecular formula is C13H18BrNO4. The molecule has 0 fully saturated rings. The van der Waals surface area contributed by atoms with E-state index in [0.29, 0.717) is 15.8 Å². The first kappa shape index (κ1) is 17.4. The third-order valence-corrected chi connectivity index (χ3v) is 2.61. The molecule has 0 unspecified atom stereocenters. The second-order valence-electron chi connectivity index (χ2n) is 3.20. The van der Waals surface area contributed by atoms with E-state index in [1.165, 1.54) is 13.2 Å². The molecular weight excluding hydrogens is 314 g/mol. The van der Waals surface area contributed by atoms with Gasteiger partial charge in [-0.1, -0.05) is 13.8 Å². The zero-order valence-corrected chi connectivity index (χ0v) is 12.8. The molecule has 0 aliphatic rings. The lowest BCUT2D eigenvalue weighted by Gasteiger charge is -2.08. The van der Waals surface area contributed by atoms with Crippen LogP contribution in [-0.2, 0) is 9.53 Å². The van der Waals surface area contributed by atoms with Crippen LogP contribution in [0, 0.1) is 0 Å². The Balaban J connectivity index is 0.00000154. The van der Waals surface area contributed by atoms with E-state index in [0.717, 1.165) is 0 Å². The predicted octanol–water partition coefficient (Wildman–Crippen LogP) is 2.52. The fourth-order valence-electron chi connectivity index (χ4n) is 1.12. The second-order valence-corrected chi connectivity index (χ2v) is 4.06. The molecule has 0 radical (unpaired) electrons. The number of primary amides is 1. The Morgan fingerprint density at radius 1 is 1.32 bits per heavy atom. The molecule has 0 heterocycles. The molecule has 0 atom stereocenters. The number of benzene rings is 1. The van der Waals surface area contributed by atoms with Gasteiger partial charge in [-0.15, -0.1) is 0 Å². The van der Waals surface area contributed by atoms with Gasteiger partial charge < -0.3 is 15.2 Å². The number of amides is 1. The predicted molar refractivity (Wildman–Crippen MR) is 76.1 cm³/mol. The van der Waals surface area contributed by atoms with E-state index < -0.39 is 11.9 Å². The van der Waals surface area contributed by atoms with Gasteiger partial charge in [0.15, 0.2) is 0 Å². The molecule has 0 saturated heterocycles. The molecule has 1 aromatic rings. The monoisotopic (exact) mass is 331 g/mol. The van der Waals surface area contributed by atoms with Gasteiger partial charge in [0, 0.05) is 0 Å². The van der Waals surface area contributed by atoms with Gasteiger partial charge in [0.05, 0.1) is 30.2 Å². The number of methoxy groups -OCH3 is 1. The highest BCUT2D eigenvalue weighted by Crippen LogP contribution is 2.26. The number of ether oxygens (including phenoxy) is 2. The SMILES string of the molecule is CC.COC(=O)c1ccc(Br)c(OCCC(N)=O)c1. The van der Waals surface area contributed by atoms with Crippen LogP contribution >= 0.6 is 15.9 Å². The summed E-state index contributed by atoms with van der Waals surface area (Å²) in [5.41, 5.74) is 5.37. The van der Waals surface area contributed by atoms with Crippen LogP contribution in [0.2, 0.25) is 0 Å². The van der Waals surface area contributed by atoms with Crippen molar-refractivity contribution >= 4 is 27.8 Å². The summed E-state index contributed by atoms with van der Waals surface area (Å²) >= 11 is 3.28. The molecule has 0 aliphatic heterocycles. The van der Waals surface area contributed by atoms with E-state index in [4.69, 9.17) is 10.5 Å². The van der Waals surface area contributed by atoms with Crippen LogP contribution in [0.4, 0.5) is 0 Å². The number of carbonyl (C=O) groups is 2. The quantitative estimate of drug-likeness (QED) is 0.841. The Labute approximate surface area is 121 Å². The molecule has 1 amide bonds. The Morgan fingerprint density at radius 3 is 2.47 bits per heavy atom. The third kappa shape index (κ3) is 6.24. The highest BCUT2D eigenvalue weighted by atomic mass is 79.9. The first-order chi connectivity index (χ1) is 9.04. The summed E-state index contributed by atoms with van der Waals surface area (Å²) in [5.74, 6) is -0.420. The summed E-state index contributed by atoms with van der Waals surface area (Å²) in [5, 5.41) is 0.